The summed E-state index contributed by atoms with van der Waals surface area (Å²) in [5.41, 5.74) is 5.11. The van der Waals surface area contributed by atoms with Gasteiger partial charge in [-0.05, 0) is 78.4 Å². The zero-order valence-electron chi connectivity index (χ0n) is 19.6. The second-order valence-corrected chi connectivity index (χ2v) is 8.94. The number of ether oxygens (including phenoxy) is 2. The SMILES string of the molecule is CCOc1cc2c(cc1OCC)C(c1ccc(Cl)cc1)N(c1ccc(C(C)C)cc1)C(=O)C2. The van der Waals surface area contributed by atoms with Gasteiger partial charge in [0.05, 0.1) is 25.7 Å². The number of carbonyl (C=O) groups excluding carboxylic acids is 1. The maximum absolute atomic E-state index is 13.5. The summed E-state index contributed by atoms with van der Waals surface area (Å²) in [7, 11) is 0. The van der Waals surface area contributed by atoms with E-state index < -0.39 is 0 Å². The minimum Gasteiger partial charge on any atom is -0.490 e. The Morgan fingerprint density at radius 1 is 0.939 bits per heavy atom. The molecule has 1 heterocycles. The molecule has 0 aliphatic carbocycles. The summed E-state index contributed by atoms with van der Waals surface area (Å²) < 4.78 is 11.7. The summed E-state index contributed by atoms with van der Waals surface area (Å²) in [4.78, 5) is 15.4. The maximum atomic E-state index is 13.5. The predicted octanol–water partition coefficient (Wildman–Crippen LogP) is 6.94. The summed E-state index contributed by atoms with van der Waals surface area (Å²) in [5, 5.41) is 0.663. The van der Waals surface area contributed by atoms with E-state index in [-0.39, 0.29) is 11.9 Å². The van der Waals surface area contributed by atoms with Crippen molar-refractivity contribution in [2.24, 2.45) is 0 Å². The van der Waals surface area contributed by atoms with Crippen molar-refractivity contribution >= 4 is 23.2 Å². The van der Waals surface area contributed by atoms with Crippen molar-refractivity contribution in [2.45, 2.75) is 46.1 Å². The Hall–Kier alpha value is -2.98. The van der Waals surface area contributed by atoms with Crippen molar-refractivity contribution in [1.29, 1.82) is 0 Å². The van der Waals surface area contributed by atoms with E-state index in [4.69, 9.17) is 21.1 Å². The van der Waals surface area contributed by atoms with E-state index in [0.717, 1.165) is 22.4 Å². The highest BCUT2D eigenvalue weighted by Crippen LogP contribution is 2.43. The lowest BCUT2D eigenvalue weighted by Gasteiger charge is -2.38. The van der Waals surface area contributed by atoms with Crippen LogP contribution in [0.15, 0.2) is 60.7 Å². The number of anilines is 1. The molecule has 4 rings (SSSR count). The van der Waals surface area contributed by atoms with E-state index in [9.17, 15) is 4.79 Å². The quantitative estimate of drug-likeness (QED) is 0.381. The Bertz CT molecular complexity index is 1120. The van der Waals surface area contributed by atoms with Crippen LogP contribution in [0.25, 0.3) is 0 Å². The lowest BCUT2D eigenvalue weighted by Crippen LogP contribution is -2.41. The summed E-state index contributed by atoms with van der Waals surface area (Å²) >= 11 is 6.18. The number of benzene rings is 3. The average Bonchev–Trinajstić information content (AvgIpc) is 2.80. The number of fused-ring (bicyclic) bond motifs is 1. The first-order valence-electron chi connectivity index (χ1n) is 11.5. The fourth-order valence-electron chi connectivity index (χ4n) is 4.38. The molecule has 0 bridgehead atoms. The third-order valence-electron chi connectivity index (χ3n) is 5.99. The van der Waals surface area contributed by atoms with Crippen molar-refractivity contribution in [3.63, 3.8) is 0 Å². The van der Waals surface area contributed by atoms with Gasteiger partial charge >= 0.3 is 0 Å². The van der Waals surface area contributed by atoms with Crippen molar-refractivity contribution in [2.75, 3.05) is 18.1 Å². The second kappa shape index (κ2) is 9.88. The van der Waals surface area contributed by atoms with E-state index in [1.165, 1.54) is 5.56 Å². The zero-order chi connectivity index (χ0) is 23.5. The van der Waals surface area contributed by atoms with E-state index >= 15 is 0 Å². The summed E-state index contributed by atoms with van der Waals surface area (Å²) in [6, 6.07) is 19.7. The van der Waals surface area contributed by atoms with Crippen molar-refractivity contribution in [3.8, 4) is 11.5 Å². The minimum atomic E-state index is -0.293. The Morgan fingerprint density at radius 2 is 1.55 bits per heavy atom. The zero-order valence-corrected chi connectivity index (χ0v) is 20.4. The summed E-state index contributed by atoms with van der Waals surface area (Å²) in [6.07, 6.45) is 0.303. The molecule has 0 N–H and O–H groups in total. The molecule has 1 aliphatic rings. The molecule has 0 saturated carbocycles. The fraction of sp³-hybridized carbons (Fsp3) is 0.321. The standard InChI is InChI=1S/C28H30ClNO3/c1-5-32-25-15-21-16-27(31)30(23-13-9-19(10-14-23)18(3)4)28(20-7-11-22(29)12-8-20)24(21)17-26(25)33-6-2/h7-15,17-18,28H,5-6,16H2,1-4H3. The molecule has 1 unspecified atom stereocenters. The Morgan fingerprint density at radius 3 is 2.12 bits per heavy atom. The van der Waals surface area contributed by atoms with Crippen LogP contribution in [0, 0.1) is 0 Å². The van der Waals surface area contributed by atoms with Crippen LogP contribution in [-0.4, -0.2) is 19.1 Å². The van der Waals surface area contributed by atoms with Crippen LogP contribution in [0.3, 0.4) is 0 Å². The predicted molar refractivity (Wildman–Crippen MR) is 134 cm³/mol. The molecule has 33 heavy (non-hydrogen) atoms. The number of nitrogens with zero attached hydrogens (tertiary/aromatic N) is 1. The molecule has 4 nitrogen and oxygen atoms in total. The molecule has 3 aromatic carbocycles. The van der Waals surface area contributed by atoms with Gasteiger partial charge in [-0.1, -0.05) is 49.7 Å². The minimum absolute atomic E-state index is 0.0476. The van der Waals surface area contributed by atoms with Crippen molar-refractivity contribution in [3.05, 3.63) is 87.9 Å². The van der Waals surface area contributed by atoms with Gasteiger partial charge in [0, 0.05) is 10.7 Å². The third-order valence-corrected chi connectivity index (χ3v) is 6.24. The molecule has 0 radical (unpaired) electrons. The van der Waals surface area contributed by atoms with E-state index in [1.807, 2.05) is 67.3 Å². The van der Waals surface area contributed by atoms with Gasteiger partial charge in [0.2, 0.25) is 5.91 Å². The normalized spacial score (nSPS) is 15.5. The van der Waals surface area contributed by atoms with Crippen molar-refractivity contribution in [1.82, 2.24) is 0 Å². The van der Waals surface area contributed by atoms with Crippen LogP contribution in [0.4, 0.5) is 5.69 Å². The topological polar surface area (TPSA) is 38.8 Å². The highest BCUT2D eigenvalue weighted by Gasteiger charge is 2.36. The summed E-state index contributed by atoms with van der Waals surface area (Å²) in [6.45, 7) is 9.29. The van der Waals surface area contributed by atoms with Crippen molar-refractivity contribution < 1.29 is 14.3 Å². The van der Waals surface area contributed by atoms with Crippen LogP contribution in [0.5, 0.6) is 11.5 Å². The Balaban J connectivity index is 1.88. The van der Waals surface area contributed by atoms with Crippen LogP contribution in [0.2, 0.25) is 5.02 Å². The molecule has 1 atom stereocenters. The third kappa shape index (κ3) is 4.72. The van der Waals surface area contributed by atoms with Gasteiger partial charge in [0.25, 0.3) is 0 Å². The number of hydrogen-bond acceptors (Lipinski definition) is 3. The molecule has 0 fully saturated rings. The average molecular weight is 464 g/mol. The van der Waals surface area contributed by atoms with Gasteiger partial charge in [-0.3, -0.25) is 4.79 Å². The molecule has 0 spiro atoms. The lowest BCUT2D eigenvalue weighted by atomic mass is 9.86. The molecule has 172 valence electrons. The molecule has 1 aliphatic heterocycles. The molecule has 0 aromatic heterocycles. The summed E-state index contributed by atoms with van der Waals surface area (Å²) in [5.74, 6) is 1.85. The first-order chi connectivity index (χ1) is 15.9. The first kappa shape index (κ1) is 23.2. The van der Waals surface area contributed by atoms with Crippen LogP contribution in [0.1, 0.15) is 61.9 Å². The Kier molecular flexibility index (Phi) is 6.94. The molecule has 1 amide bonds. The molecular formula is C28H30ClNO3. The number of carbonyl (C=O) groups is 1. The Labute approximate surface area is 201 Å². The van der Waals surface area contributed by atoms with Gasteiger partial charge in [-0.25, -0.2) is 0 Å². The van der Waals surface area contributed by atoms with Gasteiger partial charge in [0.1, 0.15) is 0 Å². The molecule has 0 saturated heterocycles. The molecule has 3 aromatic rings. The first-order valence-corrected chi connectivity index (χ1v) is 11.9. The number of halogens is 1. The lowest BCUT2D eigenvalue weighted by molar-refractivity contribution is -0.118. The molecular weight excluding hydrogens is 434 g/mol. The van der Waals surface area contributed by atoms with Gasteiger partial charge < -0.3 is 14.4 Å². The number of hydrogen-bond donors (Lipinski definition) is 0. The largest absolute Gasteiger partial charge is 0.490 e. The second-order valence-electron chi connectivity index (χ2n) is 8.50. The van der Waals surface area contributed by atoms with Gasteiger partial charge in [0.15, 0.2) is 11.5 Å². The highest BCUT2D eigenvalue weighted by atomic mass is 35.5. The van der Waals surface area contributed by atoms with Gasteiger partial charge in [-0.2, -0.15) is 0 Å². The van der Waals surface area contributed by atoms with Crippen LogP contribution in [-0.2, 0) is 11.2 Å². The van der Waals surface area contributed by atoms with E-state index in [0.29, 0.717) is 42.1 Å². The van der Waals surface area contributed by atoms with Crippen LogP contribution >= 0.6 is 11.6 Å². The monoisotopic (exact) mass is 463 g/mol. The smallest absolute Gasteiger partial charge is 0.232 e. The fourth-order valence-corrected chi connectivity index (χ4v) is 4.51. The highest BCUT2D eigenvalue weighted by molar-refractivity contribution is 6.30. The van der Waals surface area contributed by atoms with Gasteiger partial charge in [-0.15, -0.1) is 0 Å². The van der Waals surface area contributed by atoms with Crippen LogP contribution < -0.4 is 14.4 Å². The number of amides is 1. The maximum Gasteiger partial charge on any atom is 0.232 e. The van der Waals surface area contributed by atoms with E-state index in [2.05, 4.69) is 26.0 Å². The van der Waals surface area contributed by atoms with E-state index in [1.54, 1.807) is 0 Å². The molecule has 5 heteroatoms. The number of rotatable bonds is 7.